The molecule has 0 saturated carbocycles. The largest absolute Gasteiger partial charge is 0.468 e. The van der Waals surface area contributed by atoms with Gasteiger partial charge in [-0.15, -0.1) is 0 Å². The Kier molecular flexibility index (Phi) is 8.18. The van der Waals surface area contributed by atoms with Crippen molar-refractivity contribution >= 4 is 5.96 Å². The molecular weight excluding hydrogens is 352 g/mol. The third-order valence-electron chi connectivity index (χ3n) is 5.93. The lowest BCUT2D eigenvalue weighted by Gasteiger charge is -2.36. The standard InChI is InChI=1S/C21H38N6O/c1-4-22-21(23-16-18(2)26-13-11-25(3)12-14-26)24-17-19(20-8-7-15-28-20)27-9-5-6-10-27/h7-8,15,18-19H,4-6,9-14,16-17H2,1-3H3,(H2,22,23,24). The SMILES string of the molecule is CCNC(=NCC(C)N1CCN(C)CC1)NCC(c1ccco1)N1CCCC1. The van der Waals surface area contributed by atoms with Crippen LogP contribution < -0.4 is 10.6 Å². The van der Waals surface area contributed by atoms with E-state index in [1.54, 1.807) is 6.26 Å². The van der Waals surface area contributed by atoms with Crippen LogP contribution in [-0.2, 0) is 0 Å². The molecule has 1 aromatic heterocycles. The fraction of sp³-hybridized carbons (Fsp3) is 0.762. The van der Waals surface area contributed by atoms with Gasteiger partial charge in [0, 0.05) is 45.3 Å². The summed E-state index contributed by atoms with van der Waals surface area (Å²) in [4.78, 5) is 12.3. The van der Waals surface area contributed by atoms with Crippen molar-refractivity contribution in [2.45, 2.75) is 38.8 Å². The van der Waals surface area contributed by atoms with Crippen LogP contribution in [0.1, 0.15) is 38.5 Å². The number of guanidine groups is 1. The van der Waals surface area contributed by atoms with E-state index in [-0.39, 0.29) is 6.04 Å². The second-order valence-electron chi connectivity index (χ2n) is 8.06. The summed E-state index contributed by atoms with van der Waals surface area (Å²) in [5.74, 6) is 1.94. The third kappa shape index (κ3) is 5.96. The lowest BCUT2D eigenvalue weighted by atomic mass is 10.2. The Morgan fingerprint density at radius 3 is 2.50 bits per heavy atom. The van der Waals surface area contributed by atoms with Crippen LogP contribution in [0, 0.1) is 0 Å². The number of likely N-dealkylation sites (N-methyl/N-ethyl adjacent to an activating group) is 1. The maximum atomic E-state index is 5.73. The van der Waals surface area contributed by atoms with Crippen LogP contribution in [0.3, 0.4) is 0 Å². The van der Waals surface area contributed by atoms with Crippen molar-refractivity contribution in [2.24, 2.45) is 4.99 Å². The normalized spacial score (nSPS) is 22.3. The summed E-state index contributed by atoms with van der Waals surface area (Å²) in [6, 6.07) is 4.79. The highest BCUT2D eigenvalue weighted by Gasteiger charge is 2.25. The molecule has 158 valence electrons. The summed E-state index contributed by atoms with van der Waals surface area (Å²) >= 11 is 0. The monoisotopic (exact) mass is 390 g/mol. The van der Waals surface area contributed by atoms with Crippen molar-refractivity contribution in [1.29, 1.82) is 0 Å². The minimum absolute atomic E-state index is 0.261. The molecule has 0 aromatic carbocycles. The molecule has 28 heavy (non-hydrogen) atoms. The number of piperazine rings is 1. The van der Waals surface area contributed by atoms with Crippen LogP contribution in [0.2, 0.25) is 0 Å². The number of furan rings is 1. The Morgan fingerprint density at radius 1 is 1.11 bits per heavy atom. The van der Waals surface area contributed by atoms with Gasteiger partial charge in [0.05, 0.1) is 18.8 Å². The lowest BCUT2D eigenvalue weighted by molar-refractivity contribution is 0.122. The molecule has 2 aliphatic heterocycles. The summed E-state index contributed by atoms with van der Waals surface area (Å²) in [5.41, 5.74) is 0. The van der Waals surface area contributed by atoms with Gasteiger partial charge in [0.1, 0.15) is 5.76 Å². The van der Waals surface area contributed by atoms with Crippen molar-refractivity contribution in [3.8, 4) is 0 Å². The van der Waals surface area contributed by atoms with Crippen molar-refractivity contribution < 1.29 is 4.42 Å². The average Bonchev–Trinajstić information content (AvgIpc) is 3.41. The third-order valence-corrected chi connectivity index (χ3v) is 5.93. The highest BCUT2D eigenvalue weighted by atomic mass is 16.3. The van der Waals surface area contributed by atoms with Gasteiger partial charge in [0.15, 0.2) is 5.96 Å². The Balaban J connectivity index is 1.55. The maximum absolute atomic E-state index is 5.73. The van der Waals surface area contributed by atoms with E-state index in [0.717, 1.165) is 70.6 Å². The van der Waals surface area contributed by atoms with Gasteiger partial charge in [0.25, 0.3) is 0 Å². The zero-order chi connectivity index (χ0) is 19.8. The molecule has 2 N–H and O–H groups in total. The fourth-order valence-electron chi connectivity index (χ4n) is 4.08. The van der Waals surface area contributed by atoms with Crippen LogP contribution >= 0.6 is 0 Å². The number of nitrogens with one attached hydrogen (secondary N) is 2. The Morgan fingerprint density at radius 2 is 1.86 bits per heavy atom. The van der Waals surface area contributed by atoms with Crippen molar-refractivity contribution in [3.63, 3.8) is 0 Å². The molecule has 7 nitrogen and oxygen atoms in total. The molecule has 2 unspecified atom stereocenters. The summed E-state index contributed by atoms with van der Waals surface area (Å²) in [5, 5.41) is 6.96. The quantitative estimate of drug-likeness (QED) is 0.520. The smallest absolute Gasteiger partial charge is 0.191 e. The predicted octanol–water partition coefficient (Wildman–Crippen LogP) is 1.61. The molecule has 2 saturated heterocycles. The number of nitrogens with zero attached hydrogens (tertiary/aromatic N) is 4. The molecule has 7 heteroatoms. The van der Waals surface area contributed by atoms with E-state index in [1.165, 1.54) is 12.8 Å². The maximum Gasteiger partial charge on any atom is 0.191 e. The lowest BCUT2D eigenvalue weighted by Crippen LogP contribution is -2.49. The first-order chi connectivity index (χ1) is 13.7. The van der Waals surface area contributed by atoms with Crippen LogP contribution in [0.25, 0.3) is 0 Å². The number of likely N-dealkylation sites (tertiary alicyclic amines) is 1. The molecule has 3 heterocycles. The molecular formula is C21H38N6O. The van der Waals surface area contributed by atoms with Gasteiger partial charge in [-0.2, -0.15) is 0 Å². The van der Waals surface area contributed by atoms with Gasteiger partial charge < -0.3 is 20.0 Å². The minimum Gasteiger partial charge on any atom is -0.468 e. The van der Waals surface area contributed by atoms with E-state index >= 15 is 0 Å². The summed E-state index contributed by atoms with van der Waals surface area (Å²) < 4.78 is 5.73. The van der Waals surface area contributed by atoms with Crippen molar-refractivity contribution in [1.82, 2.24) is 25.3 Å². The number of aliphatic imine (C=N–C) groups is 1. The molecule has 2 aliphatic rings. The van der Waals surface area contributed by atoms with Gasteiger partial charge in [-0.25, -0.2) is 0 Å². The van der Waals surface area contributed by atoms with E-state index in [2.05, 4.69) is 52.3 Å². The zero-order valence-corrected chi connectivity index (χ0v) is 17.9. The molecule has 3 rings (SSSR count). The molecule has 0 radical (unpaired) electrons. The molecule has 0 aliphatic carbocycles. The second-order valence-corrected chi connectivity index (χ2v) is 8.06. The number of hydrogen-bond donors (Lipinski definition) is 2. The van der Waals surface area contributed by atoms with Gasteiger partial charge >= 0.3 is 0 Å². The van der Waals surface area contributed by atoms with Crippen LogP contribution in [0.5, 0.6) is 0 Å². The first-order valence-electron chi connectivity index (χ1n) is 10.9. The molecule has 0 spiro atoms. The van der Waals surface area contributed by atoms with E-state index in [4.69, 9.17) is 9.41 Å². The van der Waals surface area contributed by atoms with Crippen LogP contribution in [-0.4, -0.2) is 92.7 Å². The number of rotatable bonds is 8. The van der Waals surface area contributed by atoms with Crippen molar-refractivity contribution in [2.75, 3.05) is 66.0 Å². The number of hydrogen-bond acceptors (Lipinski definition) is 5. The summed E-state index contributed by atoms with van der Waals surface area (Å²) in [6.07, 6.45) is 4.32. The molecule has 2 fully saturated rings. The highest BCUT2D eigenvalue weighted by molar-refractivity contribution is 5.79. The average molecular weight is 391 g/mol. The topological polar surface area (TPSA) is 59.3 Å². The summed E-state index contributed by atoms with van der Waals surface area (Å²) in [7, 11) is 2.20. The van der Waals surface area contributed by atoms with E-state index in [0.29, 0.717) is 6.04 Å². The molecule has 1 aromatic rings. The highest BCUT2D eigenvalue weighted by Crippen LogP contribution is 2.24. The van der Waals surface area contributed by atoms with E-state index in [1.807, 2.05) is 6.07 Å². The Bertz CT molecular complexity index is 576. The first-order valence-corrected chi connectivity index (χ1v) is 10.9. The van der Waals surface area contributed by atoms with Crippen LogP contribution in [0.4, 0.5) is 0 Å². The van der Waals surface area contributed by atoms with Crippen molar-refractivity contribution in [3.05, 3.63) is 24.2 Å². The van der Waals surface area contributed by atoms with E-state index in [9.17, 15) is 0 Å². The predicted molar refractivity (Wildman–Crippen MR) is 115 cm³/mol. The van der Waals surface area contributed by atoms with Gasteiger partial charge in [-0.1, -0.05) is 0 Å². The van der Waals surface area contributed by atoms with Gasteiger partial charge in [-0.05, 0) is 59.0 Å². The second kappa shape index (κ2) is 10.8. The fourth-order valence-corrected chi connectivity index (χ4v) is 4.08. The Labute approximate surface area is 170 Å². The van der Waals surface area contributed by atoms with Crippen LogP contribution in [0.15, 0.2) is 27.8 Å². The first kappa shape index (κ1) is 21.1. The molecule has 0 bridgehead atoms. The summed E-state index contributed by atoms with van der Waals surface area (Å²) in [6.45, 7) is 13.7. The Hall–Kier alpha value is -1.57. The molecule has 0 amide bonds. The minimum atomic E-state index is 0.261. The van der Waals surface area contributed by atoms with Gasteiger partial charge in [0.2, 0.25) is 0 Å². The van der Waals surface area contributed by atoms with Gasteiger partial charge in [-0.3, -0.25) is 14.8 Å². The molecule has 2 atom stereocenters. The zero-order valence-electron chi connectivity index (χ0n) is 17.9. The van der Waals surface area contributed by atoms with E-state index < -0.39 is 0 Å².